The molecule has 1 heterocycles. The van der Waals surface area contributed by atoms with Gasteiger partial charge < -0.3 is 15.5 Å². The minimum absolute atomic E-state index is 0. The molecule has 20 heavy (non-hydrogen) atoms. The maximum atomic E-state index is 12.4. The molecule has 0 radical (unpaired) electrons. The quantitative estimate of drug-likeness (QED) is 0.846. The highest BCUT2D eigenvalue weighted by Gasteiger charge is 2.30. The van der Waals surface area contributed by atoms with E-state index in [-0.39, 0.29) is 35.6 Å². The van der Waals surface area contributed by atoms with Gasteiger partial charge in [-0.1, -0.05) is 13.8 Å². The summed E-state index contributed by atoms with van der Waals surface area (Å²) in [6.07, 6.45) is 1.78. The van der Waals surface area contributed by atoms with Crippen molar-refractivity contribution in [2.24, 2.45) is 17.1 Å². The largest absolute Gasteiger partial charge is 0.345 e. The summed E-state index contributed by atoms with van der Waals surface area (Å²) in [4.78, 5) is 27.3. The zero-order valence-electron chi connectivity index (χ0n) is 13.0. The van der Waals surface area contributed by atoms with Gasteiger partial charge in [0, 0.05) is 33.6 Å². The monoisotopic (exact) mass is 305 g/mol. The molecule has 1 unspecified atom stereocenters. The summed E-state index contributed by atoms with van der Waals surface area (Å²) in [6, 6.07) is 0. The minimum atomic E-state index is -0.0701. The van der Waals surface area contributed by atoms with E-state index in [2.05, 4.69) is 13.8 Å². The van der Waals surface area contributed by atoms with Gasteiger partial charge in [0.05, 0.1) is 5.92 Å². The normalized spacial score (nSPS) is 19.2. The number of hydrogen-bond donors (Lipinski definition) is 1. The van der Waals surface area contributed by atoms with E-state index < -0.39 is 0 Å². The smallest absolute Gasteiger partial charge is 0.227 e. The average molecular weight is 306 g/mol. The van der Waals surface area contributed by atoms with Crippen LogP contribution >= 0.6 is 12.4 Å². The third-order valence-corrected chi connectivity index (χ3v) is 3.81. The molecular formula is C14H28ClN3O2. The number of nitrogens with zero attached hydrogens (tertiary/aromatic N) is 2. The minimum Gasteiger partial charge on any atom is -0.345 e. The molecular weight excluding hydrogens is 278 g/mol. The molecule has 0 aromatic heterocycles. The van der Waals surface area contributed by atoms with Gasteiger partial charge in [-0.15, -0.1) is 12.4 Å². The Morgan fingerprint density at radius 1 is 1.40 bits per heavy atom. The molecule has 0 saturated carbocycles. The molecule has 0 spiro atoms. The van der Waals surface area contributed by atoms with Gasteiger partial charge in [0.2, 0.25) is 11.8 Å². The SMILES string of the molecule is CC(=O)N1CCCC(C(=O)N(C)CC(C)(C)CN)C1.Cl. The Kier molecular flexibility index (Phi) is 7.52. The lowest BCUT2D eigenvalue weighted by Crippen LogP contribution is -2.47. The van der Waals surface area contributed by atoms with E-state index in [0.29, 0.717) is 19.6 Å². The van der Waals surface area contributed by atoms with Gasteiger partial charge in [0.1, 0.15) is 0 Å². The molecule has 0 aliphatic carbocycles. The fourth-order valence-electron chi connectivity index (χ4n) is 2.56. The Hall–Kier alpha value is -0.810. The van der Waals surface area contributed by atoms with Crippen molar-refractivity contribution in [3.8, 4) is 0 Å². The predicted octanol–water partition coefficient (Wildman–Crippen LogP) is 1.11. The van der Waals surface area contributed by atoms with Crippen LogP contribution in [0.2, 0.25) is 0 Å². The molecule has 1 fully saturated rings. The van der Waals surface area contributed by atoms with Crippen LogP contribution in [0.1, 0.15) is 33.6 Å². The van der Waals surface area contributed by atoms with Gasteiger partial charge in [0.25, 0.3) is 0 Å². The van der Waals surface area contributed by atoms with Crippen molar-refractivity contribution in [2.75, 3.05) is 33.2 Å². The highest BCUT2D eigenvalue weighted by molar-refractivity contribution is 5.85. The number of hydrogen-bond acceptors (Lipinski definition) is 3. The Morgan fingerprint density at radius 3 is 2.50 bits per heavy atom. The fourth-order valence-corrected chi connectivity index (χ4v) is 2.56. The van der Waals surface area contributed by atoms with Crippen LogP contribution in [-0.4, -0.2) is 54.8 Å². The number of carbonyl (C=O) groups excluding carboxylic acids is 2. The first-order valence-corrected chi connectivity index (χ1v) is 6.97. The third-order valence-electron chi connectivity index (χ3n) is 3.81. The summed E-state index contributed by atoms with van der Waals surface area (Å²) < 4.78 is 0. The summed E-state index contributed by atoms with van der Waals surface area (Å²) in [5.74, 6) is 0.131. The van der Waals surface area contributed by atoms with Crippen LogP contribution < -0.4 is 5.73 Å². The third kappa shape index (κ3) is 5.29. The lowest BCUT2D eigenvalue weighted by Gasteiger charge is -2.35. The Bertz CT molecular complexity index is 347. The molecule has 5 nitrogen and oxygen atoms in total. The van der Waals surface area contributed by atoms with Crippen molar-refractivity contribution >= 4 is 24.2 Å². The summed E-state index contributed by atoms with van der Waals surface area (Å²) in [7, 11) is 1.83. The van der Waals surface area contributed by atoms with Crippen molar-refractivity contribution in [1.82, 2.24) is 9.80 Å². The van der Waals surface area contributed by atoms with E-state index >= 15 is 0 Å². The Balaban J connectivity index is 0.00000361. The van der Waals surface area contributed by atoms with Crippen LogP contribution in [0.25, 0.3) is 0 Å². The zero-order chi connectivity index (χ0) is 14.6. The van der Waals surface area contributed by atoms with E-state index in [1.165, 1.54) is 0 Å². The molecule has 118 valence electrons. The first-order chi connectivity index (χ1) is 8.76. The molecule has 0 aromatic rings. The van der Waals surface area contributed by atoms with Crippen molar-refractivity contribution in [1.29, 1.82) is 0 Å². The van der Waals surface area contributed by atoms with Crippen molar-refractivity contribution in [3.05, 3.63) is 0 Å². The number of amides is 2. The first kappa shape index (κ1) is 19.2. The fraction of sp³-hybridized carbons (Fsp3) is 0.857. The van der Waals surface area contributed by atoms with Crippen molar-refractivity contribution < 1.29 is 9.59 Å². The topological polar surface area (TPSA) is 66.6 Å². The average Bonchev–Trinajstić information content (AvgIpc) is 2.37. The first-order valence-electron chi connectivity index (χ1n) is 6.97. The lowest BCUT2D eigenvalue weighted by atomic mass is 9.91. The summed E-state index contributed by atoms with van der Waals surface area (Å²) in [5, 5.41) is 0. The molecule has 0 bridgehead atoms. The van der Waals surface area contributed by atoms with E-state index in [1.54, 1.807) is 16.7 Å². The van der Waals surface area contributed by atoms with Gasteiger partial charge in [-0.25, -0.2) is 0 Å². The van der Waals surface area contributed by atoms with Crippen LogP contribution in [-0.2, 0) is 9.59 Å². The molecule has 0 aromatic carbocycles. The zero-order valence-corrected chi connectivity index (χ0v) is 13.8. The van der Waals surface area contributed by atoms with E-state index in [1.807, 2.05) is 7.05 Å². The maximum absolute atomic E-state index is 12.4. The molecule has 1 aliphatic rings. The maximum Gasteiger partial charge on any atom is 0.227 e. The second-order valence-electron chi connectivity index (χ2n) is 6.37. The lowest BCUT2D eigenvalue weighted by molar-refractivity contribution is -0.140. The second kappa shape index (κ2) is 7.84. The molecule has 2 amide bonds. The van der Waals surface area contributed by atoms with Gasteiger partial charge in [0.15, 0.2) is 0 Å². The number of halogens is 1. The molecule has 1 atom stereocenters. The van der Waals surface area contributed by atoms with Crippen LogP contribution in [0.15, 0.2) is 0 Å². The number of likely N-dealkylation sites (tertiary alicyclic amines) is 1. The van der Waals surface area contributed by atoms with Crippen molar-refractivity contribution in [3.63, 3.8) is 0 Å². The Morgan fingerprint density at radius 2 is 2.00 bits per heavy atom. The number of carbonyl (C=O) groups is 2. The van der Waals surface area contributed by atoms with Crippen LogP contribution in [0.4, 0.5) is 0 Å². The number of piperidine rings is 1. The van der Waals surface area contributed by atoms with Gasteiger partial charge in [-0.3, -0.25) is 9.59 Å². The van der Waals surface area contributed by atoms with Crippen LogP contribution in [0, 0.1) is 11.3 Å². The van der Waals surface area contributed by atoms with Gasteiger partial charge in [-0.2, -0.15) is 0 Å². The van der Waals surface area contributed by atoms with E-state index in [0.717, 1.165) is 19.4 Å². The second-order valence-corrected chi connectivity index (χ2v) is 6.37. The Labute approximate surface area is 128 Å². The predicted molar refractivity (Wildman–Crippen MR) is 82.7 cm³/mol. The van der Waals surface area contributed by atoms with E-state index in [9.17, 15) is 9.59 Å². The molecule has 1 saturated heterocycles. The van der Waals surface area contributed by atoms with Crippen LogP contribution in [0.3, 0.4) is 0 Å². The van der Waals surface area contributed by atoms with Crippen LogP contribution in [0.5, 0.6) is 0 Å². The van der Waals surface area contributed by atoms with E-state index in [4.69, 9.17) is 5.73 Å². The summed E-state index contributed by atoms with van der Waals surface area (Å²) >= 11 is 0. The van der Waals surface area contributed by atoms with Gasteiger partial charge >= 0.3 is 0 Å². The highest BCUT2D eigenvalue weighted by Crippen LogP contribution is 2.21. The number of nitrogens with two attached hydrogens (primary N) is 1. The standard InChI is InChI=1S/C14H27N3O2.ClH/c1-11(18)17-7-5-6-12(8-17)13(19)16(4)10-14(2,3)9-15;/h12H,5-10,15H2,1-4H3;1H. The molecule has 1 aliphatic heterocycles. The highest BCUT2D eigenvalue weighted by atomic mass is 35.5. The molecule has 6 heteroatoms. The molecule has 2 N–H and O–H groups in total. The summed E-state index contributed by atoms with van der Waals surface area (Å²) in [6.45, 7) is 8.21. The summed E-state index contributed by atoms with van der Waals surface area (Å²) in [5.41, 5.74) is 5.63. The molecule has 1 rings (SSSR count). The number of rotatable bonds is 4. The van der Waals surface area contributed by atoms with Gasteiger partial charge in [-0.05, 0) is 24.8 Å². The van der Waals surface area contributed by atoms with Crippen molar-refractivity contribution in [2.45, 2.75) is 33.6 Å².